The molecule has 0 radical (unpaired) electrons. The third-order valence-electron chi connectivity index (χ3n) is 7.10. The van der Waals surface area contributed by atoms with E-state index >= 15 is 0 Å². The van der Waals surface area contributed by atoms with Crippen molar-refractivity contribution in [3.63, 3.8) is 0 Å². The fourth-order valence-corrected chi connectivity index (χ4v) is 5.54. The molecule has 0 saturated heterocycles. The summed E-state index contributed by atoms with van der Waals surface area (Å²) in [5.74, 6) is 1.03. The summed E-state index contributed by atoms with van der Waals surface area (Å²) in [6.07, 6.45) is 0. The Hall–Kier alpha value is -4.02. The van der Waals surface area contributed by atoms with Gasteiger partial charge in [-0.3, -0.25) is 0 Å². The highest BCUT2D eigenvalue weighted by Crippen LogP contribution is 2.49. The third kappa shape index (κ3) is 2.96. The number of para-hydroxylation sites is 2. The molecule has 0 amide bonds. The van der Waals surface area contributed by atoms with Gasteiger partial charge in [0.05, 0.1) is 5.56 Å². The number of hydrogen-bond donors (Lipinski definition) is 0. The van der Waals surface area contributed by atoms with Crippen LogP contribution in [0, 0.1) is 0 Å². The number of hydrogen-bond acceptors (Lipinski definition) is 4. The Morgan fingerprint density at radius 3 is 2.29 bits per heavy atom. The van der Waals surface area contributed by atoms with Crippen LogP contribution in [-0.4, -0.2) is 15.0 Å². The summed E-state index contributed by atoms with van der Waals surface area (Å²) in [5.41, 5.74) is 8.30. The molecular weight excluding hydrogens is 454 g/mol. The van der Waals surface area contributed by atoms with Gasteiger partial charge in [0, 0.05) is 21.8 Å². The van der Waals surface area contributed by atoms with Gasteiger partial charge >= 0.3 is 0 Å². The Morgan fingerprint density at radius 2 is 1.37 bits per heavy atom. The minimum Gasteiger partial charge on any atom is -0.455 e. The monoisotopic (exact) mass is 473 g/mol. The number of fused-ring (bicyclic) bond motifs is 6. The summed E-state index contributed by atoms with van der Waals surface area (Å²) in [6.45, 7) is 4.53. The molecule has 168 valence electrons. The van der Waals surface area contributed by atoms with E-state index in [2.05, 4.69) is 72.3 Å². The normalized spacial score (nSPS) is 13.8. The van der Waals surface area contributed by atoms with Crippen molar-refractivity contribution in [1.82, 2.24) is 15.0 Å². The van der Waals surface area contributed by atoms with E-state index in [9.17, 15) is 0 Å². The first-order chi connectivity index (χ1) is 17.0. The molecule has 2 heterocycles. The van der Waals surface area contributed by atoms with Crippen LogP contribution < -0.4 is 0 Å². The van der Waals surface area contributed by atoms with Crippen LogP contribution in [0.4, 0.5) is 0 Å². The maximum atomic E-state index is 6.43. The maximum absolute atomic E-state index is 6.43. The van der Waals surface area contributed by atoms with Crippen LogP contribution in [0.1, 0.15) is 25.0 Å². The van der Waals surface area contributed by atoms with Crippen molar-refractivity contribution in [3.8, 4) is 33.9 Å². The third-order valence-corrected chi connectivity index (χ3v) is 7.26. The van der Waals surface area contributed by atoms with Crippen LogP contribution in [0.25, 0.3) is 55.8 Å². The summed E-state index contributed by atoms with van der Waals surface area (Å²) in [4.78, 5) is 13.8. The molecule has 0 aliphatic heterocycles. The highest BCUT2D eigenvalue weighted by atomic mass is 35.5. The molecule has 0 atom stereocenters. The molecule has 6 aromatic rings. The van der Waals surface area contributed by atoms with Crippen LogP contribution in [0.5, 0.6) is 0 Å². The average Bonchev–Trinajstić information content (AvgIpc) is 3.36. The van der Waals surface area contributed by atoms with Crippen LogP contribution in [0.2, 0.25) is 5.28 Å². The molecule has 5 heteroatoms. The smallest absolute Gasteiger partial charge is 0.226 e. The van der Waals surface area contributed by atoms with Gasteiger partial charge in [0.2, 0.25) is 5.28 Å². The van der Waals surface area contributed by atoms with E-state index in [0.717, 1.165) is 33.1 Å². The van der Waals surface area contributed by atoms with E-state index in [1.165, 1.54) is 22.3 Å². The molecule has 2 aromatic heterocycles. The van der Waals surface area contributed by atoms with E-state index in [0.29, 0.717) is 11.6 Å². The number of halogens is 1. The van der Waals surface area contributed by atoms with Gasteiger partial charge in [-0.05, 0) is 52.1 Å². The molecule has 0 unspecified atom stereocenters. The first kappa shape index (κ1) is 20.4. The average molecular weight is 474 g/mol. The number of rotatable bonds is 2. The molecule has 0 saturated carbocycles. The SMILES string of the molecule is CC1(C)c2ccccc2-c2cc(-c3nc(Cl)nc(-c4cccc5c4oc4ccccc45)n3)ccc21. The minimum absolute atomic E-state index is 0.0523. The molecule has 0 spiro atoms. The van der Waals surface area contributed by atoms with Gasteiger partial charge in [0.15, 0.2) is 11.6 Å². The Kier molecular flexibility index (Phi) is 4.21. The van der Waals surface area contributed by atoms with E-state index in [-0.39, 0.29) is 10.7 Å². The lowest BCUT2D eigenvalue weighted by Gasteiger charge is -2.21. The zero-order valence-electron chi connectivity index (χ0n) is 19.2. The summed E-state index contributed by atoms with van der Waals surface area (Å²) in [6, 6.07) is 29.0. The second-order valence-corrected chi connectivity index (χ2v) is 9.80. The van der Waals surface area contributed by atoms with Gasteiger partial charge in [-0.25, -0.2) is 4.98 Å². The quantitative estimate of drug-likeness (QED) is 0.255. The van der Waals surface area contributed by atoms with Crippen LogP contribution in [-0.2, 0) is 5.41 Å². The van der Waals surface area contributed by atoms with E-state index in [1.54, 1.807) is 0 Å². The fraction of sp³-hybridized carbons (Fsp3) is 0.100. The van der Waals surface area contributed by atoms with Gasteiger partial charge in [-0.15, -0.1) is 0 Å². The van der Waals surface area contributed by atoms with Crippen LogP contribution >= 0.6 is 11.6 Å². The first-order valence-electron chi connectivity index (χ1n) is 11.6. The van der Waals surface area contributed by atoms with Crippen LogP contribution in [0.3, 0.4) is 0 Å². The molecule has 4 aromatic carbocycles. The van der Waals surface area contributed by atoms with Crippen molar-refractivity contribution in [3.05, 3.63) is 101 Å². The first-order valence-corrected chi connectivity index (χ1v) is 12.0. The summed E-state index contributed by atoms with van der Waals surface area (Å²) in [5, 5.41) is 2.23. The van der Waals surface area contributed by atoms with Crippen molar-refractivity contribution in [2.75, 3.05) is 0 Å². The van der Waals surface area contributed by atoms with Gasteiger partial charge in [-0.1, -0.05) is 80.6 Å². The van der Waals surface area contributed by atoms with Gasteiger partial charge in [0.25, 0.3) is 0 Å². The van der Waals surface area contributed by atoms with Crippen molar-refractivity contribution >= 4 is 33.5 Å². The summed E-state index contributed by atoms with van der Waals surface area (Å²) >= 11 is 6.43. The van der Waals surface area contributed by atoms with E-state index in [4.69, 9.17) is 21.0 Å². The zero-order valence-corrected chi connectivity index (χ0v) is 20.0. The Bertz CT molecular complexity index is 1800. The molecule has 0 fully saturated rings. The molecule has 4 nitrogen and oxygen atoms in total. The lowest BCUT2D eigenvalue weighted by Crippen LogP contribution is -2.14. The summed E-state index contributed by atoms with van der Waals surface area (Å²) < 4.78 is 6.20. The van der Waals surface area contributed by atoms with Gasteiger partial charge < -0.3 is 4.42 Å². The second-order valence-electron chi connectivity index (χ2n) is 9.46. The number of aromatic nitrogens is 3. The topological polar surface area (TPSA) is 51.8 Å². The highest BCUT2D eigenvalue weighted by Gasteiger charge is 2.35. The van der Waals surface area contributed by atoms with E-state index < -0.39 is 0 Å². The molecule has 0 bridgehead atoms. The van der Waals surface area contributed by atoms with Gasteiger partial charge in [0.1, 0.15) is 11.2 Å². The number of benzene rings is 4. The zero-order chi connectivity index (χ0) is 23.7. The Morgan fingerprint density at radius 1 is 0.657 bits per heavy atom. The Balaban J connectivity index is 1.41. The largest absolute Gasteiger partial charge is 0.455 e. The fourth-order valence-electron chi connectivity index (χ4n) is 5.38. The lowest BCUT2D eigenvalue weighted by atomic mass is 9.82. The van der Waals surface area contributed by atoms with Crippen molar-refractivity contribution in [2.45, 2.75) is 19.3 Å². The van der Waals surface area contributed by atoms with Gasteiger partial charge in [-0.2, -0.15) is 9.97 Å². The molecule has 0 N–H and O–H groups in total. The molecule has 1 aliphatic carbocycles. The number of nitrogens with zero attached hydrogens (tertiary/aromatic N) is 3. The maximum Gasteiger partial charge on any atom is 0.226 e. The molecule has 7 rings (SSSR count). The highest BCUT2D eigenvalue weighted by molar-refractivity contribution is 6.28. The van der Waals surface area contributed by atoms with E-state index in [1.807, 2.05) is 36.4 Å². The Labute approximate surface area is 207 Å². The minimum atomic E-state index is -0.0523. The summed E-state index contributed by atoms with van der Waals surface area (Å²) in [7, 11) is 0. The predicted octanol–water partition coefficient (Wildman–Crippen LogP) is 8.06. The second kappa shape index (κ2) is 7.24. The molecule has 1 aliphatic rings. The van der Waals surface area contributed by atoms with Crippen molar-refractivity contribution in [2.24, 2.45) is 0 Å². The number of furan rings is 1. The lowest BCUT2D eigenvalue weighted by molar-refractivity contribution is 0.660. The molecular formula is C30H20ClN3O. The van der Waals surface area contributed by atoms with Crippen LogP contribution in [0.15, 0.2) is 89.3 Å². The van der Waals surface area contributed by atoms with Crippen molar-refractivity contribution < 1.29 is 4.42 Å². The van der Waals surface area contributed by atoms with Crippen molar-refractivity contribution in [1.29, 1.82) is 0 Å². The standard InChI is InChI=1S/C30H20ClN3O/c1-30(2)23-12-5-3-8-18(23)22-16-17(14-15-24(22)30)27-32-28(34-29(31)33-27)21-11-7-10-20-19-9-4-6-13-25(19)35-26(20)21/h3-16H,1-2H3. The predicted molar refractivity (Wildman–Crippen MR) is 141 cm³/mol. The molecule has 35 heavy (non-hydrogen) atoms.